The van der Waals surface area contributed by atoms with E-state index in [1.165, 1.54) is 12.8 Å². The summed E-state index contributed by atoms with van der Waals surface area (Å²) >= 11 is 5.99. The Bertz CT molecular complexity index is 561. The molecule has 0 aliphatic heterocycles. The second-order valence-corrected chi connectivity index (χ2v) is 5.48. The number of nitrogens with zero attached hydrogens (tertiary/aromatic N) is 4. The molecule has 5 nitrogen and oxygen atoms in total. The SMILES string of the molecule is CC(C)N(CC1CC1)c1nc(Cl)nc2[nH]ncc12. The fourth-order valence-corrected chi connectivity index (χ4v) is 2.30. The maximum atomic E-state index is 5.99. The van der Waals surface area contributed by atoms with E-state index in [0.29, 0.717) is 11.7 Å². The molecule has 0 amide bonds. The topological polar surface area (TPSA) is 57.7 Å². The zero-order valence-electron chi connectivity index (χ0n) is 10.5. The van der Waals surface area contributed by atoms with Gasteiger partial charge in [-0.1, -0.05) is 0 Å². The van der Waals surface area contributed by atoms with Crippen molar-refractivity contribution in [3.05, 3.63) is 11.5 Å². The highest BCUT2D eigenvalue weighted by molar-refractivity contribution is 6.28. The van der Waals surface area contributed by atoms with E-state index >= 15 is 0 Å². The van der Waals surface area contributed by atoms with Crippen LogP contribution in [0.2, 0.25) is 5.28 Å². The molecule has 2 aromatic rings. The van der Waals surface area contributed by atoms with E-state index in [4.69, 9.17) is 11.6 Å². The van der Waals surface area contributed by atoms with Crippen molar-refractivity contribution >= 4 is 28.5 Å². The van der Waals surface area contributed by atoms with Crippen molar-refractivity contribution in [2.45, 2.75) is 32.7 Å². The quantitative estimate of drug-likeness (QED) is 0.864. The van der Waals surface area contributed by atoms with Crippen molar-refractivity contribution in [3.8, 4) is 0 Å². The second kappa shape index (κ2) is 4.39. The summed E-state index contributed by atoms with van der Waals surface area (Å²) in [7, 11) is 0. The lowest BCUT2D eigenvalue weighted by Gasteiger charge is -2.28. The number of nitrogens with one attached hydrogen (secondary N) is 1. The Morgan fingerprint density at radius 1 is 1.44 bits per heavy atom. The van der Waals surface area contributed by atoms with Crippen LogP contribution < -0.4 is 4.90 Å². The van der Waals surface area contributed by atoms with Crippen molar-refractivity contribution in [2.75, 3.05) is 11.4 Å². The average molecular weight is 266 g/mol. The molecule has 18 heavy (non-hydrogen) atoms. The van der Waals surface area contributed by atoms with E-state index in [9.17, 15) is 0 Å². The van der Waals surface area contributed by atoms with Crippen molar-refractivity contribution in [1.29, 1.82) is 0 Å². The molecule has 0 saturated heterocycles. The monoisotopic (exact) mass is 265 g/mol. The van der Waals surface area contributed by atoms with Gasteiger partial charge in [-0.05, 0) is 44.2 Å². The molecule has 0 radical (unpaired) electrons. The van der Waals surface area contributed by atoms with Gasteiger partial charge in [0.15, 0.2) is 5.65 Å². The van der Waals surface area contributed by atoms with E-state index in [0.717, 1.165) is 23.7 Å². The number of hydrogen-bond donors (Lipinski definition) is 1. The predicted molar refractivity (Wildman–Crippen MR) is 71.9 cm³/mol. The van der Waals surface area contributed by atoms with Gasteiger partial charge in [-0.2, -0.15) is 15.1 Å². The summed E-state index contributed by atoms with van der Waals surface area (Å²) in [6.45, 7) is 5.37. The van der Waals surface area contributed by atoms with Crippen molar-refractivity contribution < 1.29 is 0 Å². The fourth-order valence-electron chi connectivity index (χ4n) is 2.13. The largest absolute Gasteiger partial charge is 0.353 e. The molecule has 3 rings (SSSR count). The minimum Gasteiger partial charge on any atom is -0.353 e. The Kier molecular flexibility index (Phi) is 2.86. The number of halogens is 1. The van der Waals surface area contributed by atoms with Gasteiger partial charge in [-0.3, -0.25) is 5.10 Å². The summed E-state index contributed by atoms with van der Waals surface area (Å²) in [4.78, 5) is 10.8. The van der Waals surface area contributed by atoms with Crippen molar-refractivity contribution in [3.63, 3.8) is 0 Å². The lowest BCUT2D eigenvalue weighted by Crippen LogP contribution is -2.33. The van der Waals surface area contributed by atoms with Crippen LogP contribution in [0.25, 0.3) is 11.0 Å². The van der Waals surface area contributed by atoms with Crippen LogP contribution in [0.15, 0.2) is 6.20 Å². The smallest absolute Gasteiger partial charge is 0.226 e. The van der Waals surface area contributed by atoms with Crippen LogP contribution in [-0.2, 0) is 0 Å². The Balaban J connectivity index is 2.05. The van der Waals surface area contributed by atoms with Crippen LogP contribution in [0, 0.1) is 5.92 Å². The van der Waals surface area contributed by atoms with Crippen molar-refractivity contribution in [1.82, 2.24) is 20.2 Å². The van der Waals surface area contributed by atoms with E-state index in [1.807, 2.05) is 0 Å². The summed E-state index contributed by atoms with van der Waals surface area (Å²) in [5.74, 6) is 1.68. The molecule has 1 aliphatic rings. The van der Waals surface area contributed by atoms with Crippen LogP contribution in [-0.4, -0.2) is 32.8 Å². The molecule has 1 aliphatic carbocycles. The first kappa shape index (κ1) is 11.7. The van der Waals surface area contributed by atoms with Crippen LogP contribution in [0.4, 0.5) is 5.82 Å². The first-order chi connectivity index (χ1) is 8.65. The maximum absolute atomic E-state index is 5.99. The number of anilines is 1. The molecule has 2 heterocycles. The lowest BCUT2D eigenvalue weighted by molar-refractivity contribution is 0.638. The van der Waals surface area contributed by atoms with Gasteiger partial charge < -0.3 is 4.90 Å². The van der Waals surface area contributed by atoms with Crippen LogP contribution in [0.5, 0.6) is 0 Å². The summed E-state index contributed by atoms with van der Waals surface area (Å²) in [6.07, 6.45) is 4.40. The van der Waals surface area contributed by atoms with E-state index in [1.54, 1.807) is 6.20 Å². The lowest BCUT2D eigenvalue weighted by atomic mass is 10.2. The summed E-state index contributed by atoms with van der Waals surface area (Å²) in [5, 5.41) is 8.08. The van der Waals surface area contributed by atoms with Crippen LogP contribution in [0.1, 0.15) is 26.7 Å². The third kappa shape index (κ3) is 2.14. The molecule has 0 bridgehead atoms. The number of rotatable bonds is 4. The number of hydrogen-bond acceptors (Lipinski definition) is 4. The zero-order chi connectivity index (χ0) is 12.7. The molecular formula is C12H16ClN5. The molecular weight excluding hydrogens is 250 g/mol. The number of aromatic amines is 1. The Morgan fingerprint density at radius 2 is 2.22 bits per heavy atom. The minimum atomic E-state index is 0.267. The van der Waals surface area contributed by atoms with Gasteiger partial charge in [0.05, 0.1) is 11.6 Å². The standard InChI is InChI=1S/C12H16ClN5/c1-7(2)18(6-8-3-4-8)11-9-5-14-17-10(9)15-12(13)16-11/h5,7-8H,3-4,6H2,1-2H3,(H,14,15,16,17). The predicted octanol–water partition coefficient (Wildman–Crippen LogP) is 2.63. The Morgan fingerprint density at radius 3 is 2.89 bits per heavy atom. The molecule has 0 atom stereocenters. The molecule has 2 aromatic heterocycles. The molecule has 1 fully saturated rings. The van der Waals surface area contributed by atoms with E-state index < -0.39 is 0 Å². The van der Waals surface area contributed by atoms with Crippen LogP contribution >= 0.6 is 11.6 Å². The molecule has 1 N–H and O–H groups in total. The van der Waals surface area contributed by atoms with E-state index in [-0.39, 0.29) is 5.28 Å². The Labute approximate surface area is 111 Å². The van der Waals surface area contributed by atoms with E-state index in [2.05, 4.69) is 38.9 Å². The second-order valence-electron chi connectivity index (χ2n) is 5.14. The molecule has 1 saturated carbocycles. The first-order valence-electron chi connectivity index (χ1n) is 6.28. The normalized spacial score (nSPS) is 15.6. The molecule has 96 valence electrons. The minimum absolute atomic E-state index is 0.267. The van der Waals surface area contributed by atoms with Crippen molar-refractivity contribution in [2.24, 2.45) is 5.92 Å². The third-order valence-corrected chi connectivity index (χ3v) is 3.48. The van der Waals surface area contributed by atoms with Gasteiger partial charge in [0.2, 0.25) is 5.28 Å². The number of H-pyrrole nitrogens is 1. The average Bonchev–Trinajstić information content (AvgIpc) is 3.01. The summed E-state index contributed by atoms with van der Waals surface area (Å²) in [5.41, 5.74) is 0.700. The van der Waals surface area contributed by atoms with Gasteiger partial charge in [-0.25, -0.2) is 0 Å². The molecule has 0 aromatic carbocycles. The van der Waals surface area contributed by atoms with Gasteiger partial charge in [0.1, 0.15) is 5.82 Å². The van der Waals surface area contributed by atoms with Crippen LogP contribution in [0.3, 0.4) is 0 Å². The first-order valence-corrected chi connectivity index (χ1v) is 6.66. The number of aromatic nitrogens is 4. The third-order valence-electron chi connectivity index (χ3n) is 3.31. The zero-order valence-corrected chi connectivity index (χ0v) is 11.3. The molecule has 0 spiro atoms. The van der Waals surface area contributed by atoms with Gasteiger partial charge in [0.25, 0.3) is 0 Å². The maximum Gasteiger partial charge on any atom is 0.226 e. The highest BCUT2D eigenvalue weighted by atomic mass is 35.5. The van der Waals surface area contributed by atoms with Gasteiger partial charge >= 0.3 is 0 Å². The Hall–Kier alpha value is -1.36. The highest BCUT2D eigenvalue weighted by Gasteiger charge is 2.27. The summed E-state index contributed by atoms with van der Waals surface area (Å²) in [6, 6.07) is 0.384. The van der Waals surface area contributed by atoms with Gasteiger partial charge in [-0.15, -0.1) is 0 Å². The molecule has 0 unspecified atom stereocenters. The summed E-state index contributed by atoms with van der Waals surface area (Å²) < 4.78 is 0. The number of fused-ring (bicyclic) bond motifs is 1. The molecule has 6 heteroatoms. The fraction of sp³-hybridized carbons (Fsp3) is 0.583. The van der Waals surface area contributed by atoms with Gasteiger partial charge in [0, 0.05) is 12.6 Å². The highest BCUT2D eigenvalue weighted by Crippen LogP contribution is 2.33.